The molecule has 0 aromatic carbocycles. The number of aliphatic carboxylic acids is 2. The summed E-state index contributed by atoms with van der Waals surface area (Å²) >= 11 is 0. The van der Waals surface area contributed by atoms with Gasteiger partial charge in [0.15, 0.2) is 5.65 Å². The molecule has 0 saturated heterocycles. The van der Waals surface area contributed by atoms with Crippen LogP contribution in [0.15, 0.2) is 36.7 Å². The van der Waals surface area contributed by atoms with E-state index in [0.717, 1.165) is 11.0 Å². The molecule has 0 atom stereocenters. The van der Waals surface area contributed by atoms with Crippen LogP contribution >= 0.6 is 0 Å². The Morgan fingerprint density at radius 2 is 1.88 bits per heavy atom. The second-order valence-corrected chi connectivity index (χ2v) is 2.82. The van der Waals surface area contributed by atoms with Gasteiger partial charge in [0.25, 0.3) is 0 Å². The summed E-state index contributed by atoms with van der Waals surface area (Å²) in [7, 11) is 0. The Balaban J connectivity index is 0.000000172. The van der Waals surface area contributed by atoms with Gasteiger partial charge in [-0.3, -0.25) is 5.10 Å². The predicted octanol–water partition coefficient (Wildman–Crippen LogP) is 0.670. The summed E-state index contributed by atoms with van der Waals surface area (Å²) in [5, 5.41) is 23.2. The topological polar surface area (TPSA) is 116 Å². The van der Waals surface area contributed by atoms with E-state index in [1.165, 1.54) is 0 Å². The van der Waals surface area contributed by atoms with Gasteiger partial charge in [0, 0.05) is 23.7 Å². The molecule has 7 nitrogen and oxygen atoms in total. The lowest BCUT2D eigenvalue weighted by Crippen LogP contribution is -1.91. The number of hydrogen-bond acceptors (Lipinski definition) is 4. The number of aromatic amines is 1. The van der Waals surface area contributed by atoms with E-state index in [-0.39, 0.29) is 0 Å². The van der Waals surface area contributed by atoms with Crippen molar-refractivity contribution >= 4 is 23.0 Å². The third-order valence-corrected chi connectivity index (χ3v) is 1.58. The zero-order chi connectivity index (χ0) is 12.7. The van der Waals surface area contributed by atoms with Gasteiger partial charge in [0.05, 0.1) is 6.20 Å². The maximum Gasteiger partial charge on any atom is 0.328 e. The molecular weight excluding hydrogens is 226 g/mol. The van der Waals surface area contributed by atoms with Crippen molar-refractivity contribution in [3.8, 4) is 0 Å². The Kier molecular flexibility index (Phi) is 4.37. The predicted molar refractivity (Wildman–Crippen MR) is 58.3 cm³/mol. The zero-order valence-corrected chi connectivity index (χ0v) is 8.57. The molecule has 0 fully saturated rings. The highest BCUT2D eigenvalue weighted by Crippen LogP contribution is 2.03. The summed E-state index contributed by atoms with van der Waals surface area (Å²) in [5.41, 5.74) is 0.845. The van der Waals surface area contributed by atoms with E-state index in [2.05, 4.69) is 15.2 Å². The smallest absolute Gasteiger partial charge is 0.328 e. The quantitative estimate of drug-likeness (QED) is 0.658. The molecule has 3 N–H and O–H groups in total. The van der Waals surface area contributed by atoms with Crippen molar-refractivity contribution in [3.05, 3.63) is 36.7 Å². The fourth-order valence-corrected chi connectivity index (χ4v) is 0.921. The fourth-order valence-electron chi connectivity index (χ4n) is 0.921. The van der Waals surface area contributed by atoms with Crippen LogP contribution in [0.1, 0.15) is 0 Å². The van der Waals surface area contributed by atoms with Gasteiger partial charge in [-0.2, -0.15) is 5.10 Å². The lowest BCUT2D eigenvalue weighted by molar-refractivity contribution is -0.134. The Hall–Kier alpha value is -2.70. The number of carboxylic acid groups (broad SMARTS) is 2. The third kappa shape index (κ3) is 4.56. The number of hydrogen-bond donors (Lipinski definition) is 3. The second-order valence-electron chi connectivity index (χ2n) is 2.82. The minimum atomic E-state index is -1.26. The third-order valence-electron chi connectivity index (χ3n) is 1.58. The first-order valence-electron chi connectivity index (χ1n) is 4.47. The molecule has 0 saturated carbocycles. The normalized spacial score (nSPS) is 9.88. The summed E-state index contributed by atoms with van der Waals surface area (Å²) in [6, 6.07) is 3.85. The molecule has 2 heterocycles. The molecule has 0 unspecified atom stereocenters. The SMILES string of the molecule is O=C(O)C=CC(=O)O.c1cnc2[nH]ncc2c1. The summed E-state index contributed by atoms with van der Waals surface area (Å²) in [6.45, 7) is 0. The monoisotopic (exact) mass is 235 g/mol. The van der Waals surface area contributed by atoms with E-state index in [4.69, 9.17) is 10.2 Å². The standard InChI is InChI=1S/C6H5N3.C4H4O4/c1-2-5-4-8-9-6(5)7-3-1;5-3(6)1-2-4(7)8/h1-4H,(H,7,8,9);1-2H,(H,5,6)(H,7,8). The minimum absolute atomic E-state index is 0.558. The van der Waals surface area contributed by atoms with E-state index in [0.29, 0.717) is 12.2 Å². The maximum atomic E-state index is 9.55. The van der Waals surface area contributed by atoms with Crippen molar-refractivity contribution in [2.75, 3.05) is 0 Å². The fraction of sp³-hybridized carbons (Fsp3) is 0. The zero-order valence-electron chi connectivity index (χ0n) is 8.57. The summed E-state index contributed by atoms with van der Waals surface area (Å²) in [5.74, 6) is -2.51. The van der Waals surface area contributed by atoms with Crippen LogP contribution in [-0.4, -0.2) is 37.3 Å². The highest BCUT2D eigenvalue weighted by molar-refractivity contribution is 5.89. The lowest BCUT2D eigenvalue weighted by Gasteiger charge is -1.80. The molecule has 2 rings (SSSR count). The van der Waals surface area contributed by atoms with Gasteiger partial charge in [-0.25, -0.2) is 14.6 Å². The number of fused-ring (bicyclic) bond motifs is 1. The van der Waals surface area contributed by atoms with Crippen LogP contribution in [-0.2, 0) is 9.59 Å². The summed E-state index contributed by atoms with van der Waals surface area (Å²) in [6.07, 6.45) is 4.60. The molecule has 0 radical (unpaired) electrons. The minimum Gasteiger partial charge on any atom is -0.478 e. The van der Waals surface area contributed by atoms with Crippen molar-refractivity contribution in [3.63, 3.8) is 0 Å². The average Bonchev–Trinajstić information content (AvgIpc) is 2.75. The number of aromatic nitrogens is 3. The first-order valence-corrected chi connectivity index (χ1v) is 4.47. The molecule has 7 heteroatoms. The van der Waals surface area contributed by atoms with Gasteiger partial charge in [0.1, 0.15) is 0 Å². The highest BCUT2D eigenvalue weighted by atomic mass is 16.4. The largest absolute Gasteiger partial charge is 0.478 e. The van der Waals surface area contributed by atoms with E-state index in [1.54, 1.807) is 12.4 Å². The highest BCUT2D eigenvalue weighted by Gasteiger charge is 1.90. The first kappa shape index (κ1) is 12.4. The van der Waals surface area contributed by atoms with Crippen LogP contribution < -0.4 is 0 Å². The number of rotatable bonds is 2. The molecule has 0 aliphatic heterocycles. The molecule has 0 aliphatic carbocycles. The number of pyridine rings is 1. The Labute approximate surface area is 95.4 Å². The molecule has 2 aromatic rings. The molecule has 2 aromatic heterocycles. The number of carbonyl (C=O) groups is 2. The molecular formula is C10H9N3O4. The summed E-state index contributed by atoms with van der Waals surface area (Å²) in [4.78, 5) is 23.1. The average molecular weight is 235 g/mol. The molecule has 0 aliphatic rings. The van der Waals surface area contributed by atoms with Crippen molar-refractivity contribution < 1.29 is 19.8 Å². The Morgan fingerprint density at radius 1 is 1.24 bits per heavy atom. The van der Waals surface area contributed by atoms with E-state index < -0.39 is 11.9 Å². The van der Waals surface area contributed by atoms with Crippen molar-refractivity contribution in [2.24, 2.45) is 0 Å². The van der Waals surface area contributed by atoms with Gasteiger partial charge >= 0.3 is 11.9 Å². The molecule has 17 heavy (non-hydrogen) atoms. The van der Waals surface area contributed by atoms with Gasteiger partial charge in [-0.15, -0.1) is 0 Å². The van der Waals surface area contributed by atoms with E-state index in [1.807, 2.05) is 12.1 Å². The van der Waals surface area contributed by atoms with Gasteiger partial charge in [0.2, 0.25) is 0 Å². The summed E-state index contributed by atoms with van der Waals surface area (Å²) < 4.78 is 0. The number of nitrogens with one attached hydrogen (secondary N) is 1. The van der Waals surface area contributed by atoms with Crippen LogP contribution in [0, 0.1) is 0 Å². The van der Waals surface area contributed by atoms with Crippen molar-refractivity contribution in [1.29, 1.82) is 0 Å². The number of nitrogens with zero attached hydrogens (tertiary/aromatic N) is 2. The van der Waals surface area contributed by atoms with Crippen LogP contribution in [0.2, 0.25) is 0 Å². The van der Waals surface area contributed by atoms with Crippen LogP contribution in [0.3, 0.4) is 0 Å². The lowest BCUT2D eigenvalue weighted by atomic mass is 10.4. The first-order chi connectivity index (χ1) is 8.09. The van der Waals surface area contributed by atoms with Gasteiger partial charge in [-0.1, -0.05) is 0 Å². The second kappa shape index (κ2) is 6.01. The van der Waals surface area contributed by atoms with Crippen LogP contribution in [0.5, 0.6) is 0 Å². The van der Waals surface area contributed by atoms with Crippen LogP contribution in [0.4, 0.5) is 0 Å². The Bertz CT molecular complexity index is 501. The van der Waals surface area contributed by atoms with E-state index >= 15 is 0 Å². The van der Waals surface area contributed by atoms with Crippen molar-refractivity contribution in [2.45, 2.75) is 0 Å². The number of carboxylic acids is 2. The van der Waals surface area contributed by atoms with Gasteiger partial charge in [-0.05, 0) is 12.1 Å². The molecule has 0 bridgehead atoms. The molecule has 0 spiro atoms. The molecule has 0 amide bonds. The maximum absolute atomic E-state index is 9.55. The van der Waals surface area contributed by atoms with Crippen molar-refractivity contribution in [1.82, 2.24) is 15.2 Å². The van der Waals surface area contributed by atoms with Gasteiger partial charge < -0.3 is 10.2 Å². The van der Waals surface area contributed by atoms with Crippen LogP contribution in [0.25, 0.3) is 11.0 Å². The van der Waals surface area contributed by atoms with E-state index in [9.17, 15) is 9.59 Å². The number of H-pyrrole nitrogens is 1. The Morgan fingerprint density at radius 3 is 2.41 bits per heavy atom. The molecule has 88 valence electrons.